The van der Waals surface area contributed by atoms with E-state index < -0.39 is 0 Å². The molecule has 0 aliphatic rings. The molecule has 110 valence electrons. The van der Waals surface area contributed by atoms with Gasteiger partial charge in [0, 0.05) is 7.11 Å². The molecule has 0 aromatic heterocycles. The Morgan fingerprint density at radius 2 is 1.60 bits per heavy atom. The average molecular weight is 272 g/mol. The van der Waals surface area contributed by atoms with Gasteiger partial charge in [0.05, 0.1) is 6.61 Å². The predicted molar refractivity (Wildman–Crippen MR) is 90.9 cm³/mol. The van der Waals surface area contributed by atoms with Crippen LogP contribution in [-0.4, -0.2) is 13.7 Å². The Morgan fingerprint density at radius 1 is 1.00 bits per heavy atom. The highest BCUT2D eigenvalue weighted by Crippen LogP contribution is 2.26. The van der Waals surface area contributed by atoms with Crippen molar-refractivity contribution in [3.8, 4) is 0 Å². The Bertz CT molecular complexity index is 458. The van der Waals surface area contributed by atoms with E-state index in [2.05, 4.69) is 39.3 Å². The van der Waals surface area contributed by atoms with E-state index in [1.807, 2.05) is 19.9 Å². The maximum absolute atomic E-state index is 5.17. The summed E-state index contributed by atoms with van der Waals surface area (Å²) in [6, 6.07) is 0. The first-order valence-electron chi connectivity index (χ1n) is 6.93. The fourth-order valence-corrected chi connectivity index (χ4v) is 1.76. The van der Waals surface area contributed by atoms with Gasteiger partial charge in [-0.1, -0.05) is 56.5 Å². The van der Waals surface area contributed by atoms with E-state index in [-0.39, 0.29) is 0 Å². The van der Waals surface area contributed by atoms with Crippen LogP contribution < -0.4 is 0 Å². The van der Waals surface area contributed by atoms with Gasteiger partial charge in [-0.05, 0) is 49.0 Å². The average Bonchev–Trinajstić information content (AvgIpc) is 2.40. The highest BCUT2D eigenvalue weighted by atomic mass is 16.5. The summed E-state index contributed by atoms with van der Waals surface area (Å²) in [6.07, 6.45) is 5.86. The summed E-state index contributed by atoms with van der Waals surface area (Å²) in [5, 5.41) is 0. The molecule has 0 atom stereocenters. The summed E-state index contributed by atoms with van der Waals surface area (Å²) >= 11 is 0. The number of hydrogen-bond donors (Lipinski definition) is 0. The highest BCUT2D eigenvalue weighted by molar-refractivity contribution is 5.54. The number of hydrogen-bond acceptors (Lipinski definition) is 1. The molecule has 0 rings (SSSR count). The summed E-state index contributed by atoms with van der Waals surface area (Å²) in [4.78, 5) is 0. The number of ether oxygens (including phenoxy) is 1. The molecule has 20 heavy (non-hydrogen) atoms. The standard InChI is InChI=1S/C19H28O/c1-9-15(4)13-19(10-11-20-8)18(7)17(6)16(5)12-14(2)3/h12-13H,2,4,6-7,9-11H2,1,3,5,8H3/b16-12-,19-13-. The second-order valence-corrected chi connectivity index (χ2v) is 5.05. The van der Waals surface area contributed by atoms with Crippen molar-refractivity contribution in [1.82, 2.24) is 0 Å². The van der Waals surface area contributed by atoms with Gasteiger partial charge in [0.15, 0.2) is 0 Å². The quantitative estimate of drug-likeness (QED) is 0.500. The fourth-order valence-electron chi connectivity index (χ4n) is 1.76. The Hall–Kier alpha value is -1.60. The van der Waals surface area contributed by atoms with Crippen molar-refractivity contribution in [2.24, 2.45) is 0 Å². The fraction of sp³-hybridized carbons (Fsp3) is 0.368. The van der Waals surface area contributed by atoms with Gasteiger partial charge in [-0.25, -0.2) is 0 Å². The summed E-state index contributed by atoms with van der Waals surface area (Å²) in [5.74, 6) is 0. The molecule has 0 N–H and O–H groups in total. The molecule has 0 saturated heterocycles. The molecule has 0 aromatic carbocycles. The van der Waals surface area contributed by atoms with Gasteiger partial charge in [-0.15, -0.1) is 0 Å². The molecule has 0 amide bonds. The first kappa shape index (κ1) is 18.4. The van der Waals surface area contributed by atoms with Crippen LogP contribution in [0.3, 0.4) is 0 Å². The van der Waals surface area contributed by atoms with E-state index in [0.717, 1.165) is 46.3 Å². The maximum atomic E-state index is 5.17. The molecule has 0 saturated carbocycles. The van der Waals surface area contributed by atoms with Gasteiger partial charge in [0.25, 0.3) is 0 Å². The minimum atomic E-state index is 0.665. The van der Waals surface area contributed by atoms with Crippen LogP contribution in [-0.2, 0) is 4.74 Å². The first-order chi connectivity index (χ1) is 9.33. The molecule has 0 aliphatic carbocycles. The Kier molecular flexibility index (Phi) is 8.58. The molecule has 0 spiro atoms. The molecule has 0 radical (unpaired) electrons. The predicted octanol–water partition coefficient (Wildman–Crippen LogP) is 5.55. The lowest BCUT2D eigenvalue weighted by molar-refractivity contribution is 0.202. The van der Waals surface area contributed by atoms with E-state index in [9.17, 15) is 0 Å². The Morgan fingerprint density at radius 3 is 2.05 bits per heavy atom. The topological polar surface area (TPSA) is 9.23 Å². The Balaban J connectivity index is 5.23. The number of methoxy groups -OCH3 is 1. The van der Waals surface area contributed by atoms with Crippen LogP contribution in [0.5, 0.6) is 0 Å². The third-order valence-corrected chi connectivity index (χ3v) is 3.10. The van der Waals surface area contributed by atoms with Gasteiger partial charge >= 0.3 is 0 Å². The normalized spacial score (nSPS) is 12.2. The monoisotopic (exact) mass is 272 g/mol. The minimum absolute atomic E-state index is 0.665. The third-order valence-electron chi connectivity index (χ3n) is 3.10. The molecule has 1 heteroatoms. The smallest absolute Gasteiger partial charge is 0.0502 e. The van der Waals surface area contributed by atoms with Gasteiger partial charge in [-0.3, -0.25) is 0 Å². The van der Waals surface area contributed by atoms with Gasteiger partial charge in [0.1, 0.15) is 0 Å². The molecule has 0 aromatic rings. The minimum Gasteiger partial charge on any atom is -0.384 e. The zero-order valence-corrected chi connectivity index (χ0v) is 13.5. The molecule has 1 nitrogen and oxygen atoms in total. The summed E-state index contributed by atoms with van der Waals surface area (Å²) in [7, 11) is 1.70. The van der Waals surface area contributed by atoms with E-state index >= 15 is 0 Å². The van der Waals surface area contributed by atoms with Crippen molar-refractivity contribution in [3.63, 3.8) is 0 Å². The third kappa shape index (κ3) is 6.53. The summed E-state index contributed by atoms with van der Waals surface area (Å²) in [5.41, 5.74) is 6.22. The van der Waals surface area contributed by atoms with E-state index in [4.69, 9.17) is 4.74 Å². The largest absolute Gasteiger partial charge is 0.384 e. The van der Waals surface area contributed by atoms with Gasteiger partial charge in [-0.2, -0.15) is 0 Å². The van der Waals surface area contributed by atoms with Crippen LogP contribution >= 0.6 is 0 Å². The van der Waals surface area contributed by atoms with Crippen LogP contribution in [0.4, 0.5) is 0 Å². The van der Waals surface area contributed by atoms with Crippen molar-refractivity contribution in [2.75, 3.05) is 13.7 Å². The van der Waals surface area contributed by atoms with Crippen molar-refractivity contribution < 1.29 is 4.74 Å². The van der Waals surface area contributed by atoms with Crippen molar-refractivity contribution >= 4 is 0 Å². The molecular formula is C19H28O. The lowest BCUT2D eigenvalue weighted by Gasteiger charge is -2.15. The first-order valence-corrected chi connectivity index (χ1v) is 6.93. The van der Waals surface area contributed by atoms with Gasteiger partial charge in [0.2, 0.25) is 0 Å². The van der Waals surface area contributed by atoms with Crippen molar-refractivity contribution in [3.05, 3.63) is 71.9 Å². The maximum Gasteiger partial charge on any atom is 0.0502 e. The molecular weight excluding hydrogens is 244 g/mol. The lowest BCUT2D eigenvalue weighted by Crippen LogP contribution is -1.99. The molecule has 0 fully saturated rings. The lowest BCUT2D eigenvalue weighted by atomic mass is 9.91. The van der Waals surface area contributed by atoms with Crippen LogP contribution in [0, 0.1) is 0 Å². The number of rotatable bonds is 9. The van der Waals surface area contributed by atoms with Crippen LogP contribution in [0.15, 0.2) is 71.9 Å². The molecule has 0 heterocycles. The van der Waals surface area contributed by atoms with Crippen LogP contribution in [0.1, 0.15) is 33.6 Å². The van der Waals surface area contributed by atoms with Crippen molar-refractivity contribution in [2.45, 2.75) is 33.6 Å². The molecule has 0 bridgehead atoms. The van der Waals surface area contributed by atoms with E-state index in [1.165, 1.54) is 0 Å². The van der Waals surface area contributed by atoms with E-state index in [0.29, 0.717) is 6.61 Å². The van der Waals surface area contributed by atoms with E-state index in [1.54, 1.807) is 7.11 Å². The zero-order valence-electron chi connectivity index (χ0n) is 13.5. The molecule has 0 unspecified atom stereocenters. The summed E-state index contributed by atoms with van der Waals surface area (Å²) in [6.45, 7) is 23.0. The van der Waals surface area contributed by atoms with Crippen molar-refractivity contribution in [1.29, 1.82) is 0 Å². The highest BCUT2D eigenvalue weighted by Gasteiger charge is 2.09. The molecule has 0 aliphatic heterocycles. The number of allylic oxidation sites excluding steroid dienone is 7. The van der Waals surface area contributed by atoms with Crippen LogP contribution in [0.2, 0.25) is 0 Å². The second kappa shape index (κ2) is 9.33. The van der Waals surface area contributed by atoms with Gasteiger partial charge < -0.3 is 4.74 Å². The van der Waals surface area contributed by atoms with Crippen LogP contribution in [0.25, 0.3) is 0 Å². The Labute approximate surface area is 124 Å². The zero-order chi connectivity index (χ0) is 15.7. The SMILES string of the molecule is C=C(C)/C=C(/C)C(=C)C(=C)/C(=C\C(=C)CC)CCOC. The summed E-state index contributed by atoms with van der Waals surface area (Å²) < 4.78 is 5.17. The second-order valence-electron chi connectivity index (χ2n) is 5.05.